The van der Waals surface area contributed by atoms with Crippen LogP contribution >= 0.6 is 0 Å². The van der Waals surface area contributed by atoms with Crippen molar-refractivity contribution in [2.24, 2.45) is 11.1 Å². The van der Waals surface area contributed by atoms with Crippen molar-refractivity contribution in [1.29, 1.82) is 0 Å². The lowest BCUT2D eigenvalue weighted by Crippen LogP contribution is -2.58. The molecular formula is C13H23N3O3. The van der Waals surface area contributed by atoms with Crippen LogP contribution in [0.3, 0.4) is 0 Å². The molecule has 6 heteroatoms. The van der Waals surface area contributed by atoms with E-state index in [1.807, 2.05) is 0 Å². The molecule has 1 aliphatic heterocycles. The lowest BCUT2D eigenvalue weighted by atomic mass is 9.84. The molecule has 19 heavy (non-hydrogen) atoms. The molecule has 0 saturated carbocycles. The van der Waals surface area contributed by atoms with Crippen molar-refractivity contribution in [3.05, 3.63) is 0 Å². The monoisotopic (exact) mass is 269 g/mol. The lowest BCUT2D eigenvalue weighted by molar-refractivity contribution is -0.149. The first kappa shape index (κ1) is 15.6. The van der Waals surface area contributed by atoms with E-state index in [-0.39, 0.29) is 17.9 Å². The average Bonchev–Trinajstić information content (AvgIpc) is 2.31. The zero-order valence-electron chi connectivity index (χ0n) is 11.9. The van der Waals surface area contributed by atoms with Crippen LogP contribution in [0.4, 0.5) is 0 Å². The molecule has 3 amide bonds. The summed E-state index contributed by atoms with van der Waals surface area (Å²) in [5.74, 6) is -0.982. The van der Waals surface area contributed by atoms with Gasteiger partial charge in [0, 0.05) is 6.42 Å². The summed E-state index contributed by atoms with van der Waals surface area (Å²) in [6.07, 6.45) is 1.87. The number of amides is 3. The number of nitrogens with one attached hydrogen (secondary N) is 1. The van der Waals surface area contributed by atoms with Crippen LogP contribution in [0.25, 0.3) is 0 Å². The summed E-state index contributed by atoms with van der Waals surface area (Å²) in [6, 6.07) is -0.581. The number of carbonyl (C=O) groups excluding carboxylic acids is 3. The molecule has 0 radical (unpaired) electrons. The Hall–Kier alpha value is -1.43. The number of nitrogens with two attached hydrogens (primary N) is 1. The summed E-state index contributed by atoms with van der Waals surface area (Å²) in [5, 5.41) is 2.22. The molecule has 6 nitrogen and oxygen atoms in total. The molecule has 1 saturated heterocycles. The summed E-state index contributed by atoms with van der Waals surface area (Å²) >= 11 is 0. The Labute approximate surface area is 113 Å². The highest BCUT2D eigenvalue weighted by Crippen LogP contribution is 2.26. The van der Waals surface area contributed by atoms with Gasteiger partial charge in [-0.2, -0.15) is 0 Å². The van der Waals surface area contributed by atoms with Gasteiger partial charge in [0.2, 0.25) is 17.7 Å². The maximum absolute atomic E-state index is 12.1. The summed E-state index contributed by atoms with van der Waals surface area (Å²) in [4.78, 5) is 36.2. The minimum Gasteiger partial charge on any atom is -0.330 e. The summed E-state index contributed by atoms with van der Waals surface area (Å²) < 4.78 is 0. The molecule has 0 aromatic carbocycles. The van der Waals surface area contributed by atoms with Crippen molar-refractivity contribution in [2.45, 2.75) is 46.1 Å². The molecule has 1 atom stereocenters. The van der Waals surface area contributed by atoms with Gasteiger partial charge < -0.3 is 10.6 Å². The topological polar surface area (TPSA) is 92.5 Å². The van der Waals surface area contributed by atoms with Gasteiger partial charge in [0.05, 0.1) is 0 Å². The molecule has 0 bridgehead atoms. The van der Waals surface area contributed by atoms with Crippen molar-refractivity contribution in [2.75, 3.05) is 13.1 Å². The van der Waals surface area contributed by atoms with Crippen LogP contribution in [-0.4, -0.2) is 41.8 Å². The predicted molar refractivity (Wildman–Crippen MR) is 71.0 cm³/mol. The largest absolute Gasteiger partial charge is 0.330 e. The summed E-state index contributed by atoms with van der Waals surface area (Å²) in [5.41, 5.74) is 5.53. The average molecular weight is 269 g/mol. The SMILES string of the molecule is CC1C(=O)NC(=O)CN1C(=O)CCC(C)(C)CCN. The molecule has 108 valence electrons. The minimum absolute atomic E-state index is 0.00426. The molecule has 3 N–H and O–H groups in total. The molecule has 0 spiro atoms. The highest BCUT2D eigenvalue weighted by Gasteiger charge is 2.33. The van der Waals surface area contributed by atoms with Gasteiger partial charge in [-0.25, -0.2) is 0 Å². The quantitative estimate of drug-likeness (QED) is 0.688. The van der Waals surface area contributed by atoms with E-state index in [0.717, 1.165) is 6.42 Å². The lowest BCUT2D eigenvalue weighted by Gasteiger charge is -2.33. The van der Waals surface area contributed by atoms with Crippen molar-refractivity contribution in [3.63, 3.8) is 0 Å². The fourth-order valence-corrected chi connectivity index (χ4v) is 2.12. The van der Waals surface area contributed by atoms with Crippen molar-refractivity contribution >= 4 is 17.7 Å². The molecule has 1 unspecified atom stereocenters. The van der Waals surface area contributed by atoms with Gasteiger partial charge in [-0.1, -0.05) is 13.8 Å². The fourth-order valence-electron chi connectivity index (χ4n) is 2.12. The third-order valence-electron chi connectivity index (χ3n) is 3.58. The molecule has 1 aliphatic rings. The van der Waals surface area contributed by atoms with E-state index in [1.165, 1.54) is 4.90 Å². The van der Waals surface area contributed by atoms with Crippen molar-refractivity contribution in [3.8, 4) is 0 Å². The van der Waals surface area contributed by atoms with Gasteiger partial charge in [-0.3, -0.25) is 19.7 Å². The Morgan fingerprint density at radius 1 is 1.42 bits per heavy atom. The number of piperazine rings is 1. The highest BCUT2D eigenvalue weighted by molar-refractivity contribution is 6.04. The first-order valence-corrected chi connectivity index (χ1v) is 6.60. The minimum atomic E-state index is -0.581. The zero-order valence-corrected chi connectivity index (χ0v) is 11.9. The Bertz CT molecular complexity index is 379. The first-order chi connectivity index (χ1) is 8.76. The van der Waals surface area contributed by atoms with Gasteiger partial charge in [-0.15, -0.1) is 0 Å². The van der Waals surface area contributed by atoms with Crippen LogP contribution in [0, 0.1) is 5.41 Å². The molecule has 0 aliphatic carbocycles. The summed E-state index contributed by atoms with van der Waals surface area (Å²) in [7, 11) is 0. The van der Waals surface area contributed by atoms with Crippen LogP contribution in [0.5, 0.6) is 0 Å². The van der Waals surface area contributed by atoms with Crippen LogP contribution < -0.4 is 11.1 Å². The van der Waals surface area contributed by atoms with Crippen LogP contribution in [0.2, 0.25) is 0 Å². The molecule has 1 fully saturated rings. The second-order valence-electron chi connectivity index (χ2n) is 5.81. The van der Waals surface area contributed by atoms with Crippen LogP contribution in [0.15, 0.2) is 0 Å². The normalized spacial score (nSPS) is 20.4. The summed E-state index contributed by atoms with van der Waals surface area (Å²) in [6.45, 7) is 6.30. The predicted octanol–water partition coefficient (Wildman–Crippen LogP) is 0.0151. The second-order valence-corrected chi connectivity index (χ2v) is 5.81. The molecule has 1 rings (SSSR count). The molecular weight excluding hydrogens is 246 g/mol. The molecule has 0 aromatic rings. The molecule has 0 aromatic heterocycles. The third-order valence-corrected chi connectivity index (χ3v) is 3.58. The Morgan fingerprint density at radius 3 is 2.63 bits per heavy atom. The van der Waals surface area contributed by atoms with E-state index in [2.05, 4.69) is 19.2 Å². The second kappa shape index (κ2) is 6.14. The van der Waals surface area contributed by atoms with E-state index < -0.39 is 17.9 Å². The van der Waals surface area contributed by atoms with Gasteiger partial charge in [-0.05, 0) is 31.7 Å². The third kappa shape index (κ3) is 4.31. The van der Waals surface area contributed by atoms with Crippen LogP contribution in [0.1, 0.15) is 40.0 Å². The van der Waals surface area contributed by atoms with Gasteiger partial charge >= 0.3 is 0 Å². The smallest absolute Gasteiger partial charge is 0.249 e. The van der Waals surface area contributed by atoms with E-state index in [9.17, 15) is 14.4 Å². The van der Waals surface area contributed by atoms with Gasteiger partial charge in [0.1, 0.15) is 12.6 Å². The van der Waals surface area contributed by atoms with Crippen molar-refractivity contribution < 1.29 is 14.4 Å². The first-order valence-electron chi connectivity index (χ1n) is 6.60. The van der Waals surface area contributed by atoms with E-state index in [1.54, 1.807) is 6.92 Å². The number of rotatable bonds is 5. The molecule has 1 heterocycles. The number of imide groups is 1. The maximum Gasteiger partial charge on any atom is 0.249 e. The maximum atomic E-state index is 12.1. The number of carbonyl (C=O) groups is 3. The van der Waals surface area contributed by atoms with Crippen LogP contribution in [-0.2, 0) is 14.4 Å². The Kier molecular flexibility index (Phi) is 5.05. The standard InChI is InChI=1S/C13H23N3O3/c1-9-12(19)15-10(17)8-16(9)11(18)4-5-13(2,3)6-7-14/h9H,4-8,14H2,1-3H3,(H,15,17,19). The highest BCUT2D eigenvalue weighted by atomic mass is 16.2. The fraction of sp³-hybridized carbons (Fsp3) is 0.769. The van der Waals surface area contributed by atoms with Crippen molar-refractivity contribution in [1.82, 2.24) is 10.2 Å². The van der Waals surface area contributed by atoms with E-state index in [0.29, 0.717) is 19.4 Å². The van der Waals surface area contributed by atoms with E-state index in [4.69, 9.17) is 5.73 Å². The van der Waals surface area contributed by atoms with Gasteiger partial charge in [0.25, 0.3) is 0 Å². The number of nitrogens with zero attached hydrogens (tertiary/aromatic N) is 1. The van der Waals surface area contributed by atoms with Gasteiger partial charge in [0.15, 0.2) is 0 Å². The number of hydrogen-bond donors (Lipinski definition) is 2. The Balaban J connectivity index is 2.57. The number of hydrogen-bond acceptors (Lipinski definition) is 4. The zero-order chi connectivity index (χ0) is 14.6. The van der Waals surface area contributed by atoms with E-state index >= 15 is 0 Å². The Morgan fingerprint density at radius 2 is 2.05 bits per heavy atom.